The van der Waals surface area contributed by atoms with Gasteiger partial charge >= 0.3 is 6.03 Å². The van der Waals surface area contributed by atoms with Gasteiger partial charge in [-0.2, -0.15) is 5.10 Å². The Morgan fingerprint density at radius 2 is 2.08 bits per heavy atom. The summed E-state index contributed by atoms with van der Waals surface area (Å²) in [5.41, 5.74) is 2.72. The lowest BCUT2D eigenvalue weighted by Crippen LogP contribution is -2.49. The van der Waals surface area contributed by atoms with Gasteiger partial charge in [0.1, 0.15) is 0 Å². The second kappa shape index (κ2) is 7.99. The highest BCUT2D eigenvalue weighted by Gasteiger charge is 2.49. The van der Waals surface area contributed by atoms with Gasteiger partial charge in [0, 0.05) is 43.9 Å². The van der Waals surface area contributed by atoms with E-state index in [4.69, 9.17) is 0 Å². The van der Waals surface area contributed by atoms with Crippen LogP contribution in [0.5, 0.6) is 0 Å². The summed E-state index contributed by atoms with van der Waals surface area (Å²) in [4.78, 5) is 18.8. The fourth-order valence-corrected chi connectivity index (χ4v) is 4.94. The fourth-order valence-electron chi connectivity index (χ4n) is 4.94. The SMILES string of the molecule is CCCCN(C)Cc1cn[nH]c1C1CCC2(CC1)CN(C)C(=O)N2CC. The van der Waals surface area contributed by atoms with Crippen molar-refractivity contribution in [1.29, 1.82) is 0 Å². The first-order valence-electron chi connectivity index (χ1n) is 10.2. The monoisotopic (exact) mass is 361 g/mol. The van der Waals surface area contributed by atoms with Crippen LogP contribution < -0.4 is 0 Å². The van der Waals surface area contributed by atoms with Crippen molar-refractivity contribution >= 4 is 6.03 Å². The molecular weight excluding hydrogens is 326 g/mol. The summed E-state index contributed by atoms with van der Waals surface area (Å²) in [6, 6.07) is 0.200. The molecule has 0 bridgehead atoms. The van der Waals surface area contributed by atoms with Crippen LogP contribution in [0.1, 0.15) is 69.5 Å². The Kier molecular flexibility index (Phi) is 5.90. The van der Waals surface area contributed by atoms with Crippen molar-refractivity contribution in [2.45, 2.75) is 70.4 Å². The number of nitrogens with one attached hydrogen (secondary N) is 1. The second-order valence-electron chi connectivity index (χ2n) is 8.28. The molecule has 146 valence electrons. The predicted molar refractivity (Wildman–Crippen MR) is 104 cm³/mol. The summed E-state index contributed by atoms with van der Waals surface area (Å²) in [5.74, 6) is 0.539. The van der Waals surface area contributed by atoms with E-state index in [1.807, 2.05) is 18.1 Å². The molecule has 2 aliphatic rings. The van der Waals surface area contributed by atoms with Gasteiger partial charge in [-0.1, -0.05) is 13.3 Å². The minimum absolute atomic E-state index is 0.0508. The lowest BCUT2D eigenvalue weighted by molar-refractivity contribution is 0.116. The molecule has 1 spiro atoms. The first kappa shape index (κ1) is 19.2. The van der Waals surface area contributed by atoms with Gasteiger partial charge in [-0.05, 0) is 52.6 Å². The third-order valence-corrected chi connectivity index (χ3v) is 6.39. The molecule has 0 unspecified atom stereocenters. The maximum Gasteiger partial charge on any atom is 0.320 e. The van der Waals surface area contributed by atoms with E-state index in [0.717, 1.165) is 51.9 Å². The largest absolute Gasteiger partial charge is 0.325 e. The molecule has 6 heteroatoms. The third kappa shape index (κ3) is 3.61. The van der Waals surface area contributed by atoms with Gasteiger partial charge in [-0.25, -0.2) is 4.79 Å². The van der Waals surface area contributed by atoms with Crippen molar-refractivity contribution in [3.63, 3.8) is 0 Å². The quantitative estimate of drug-likeness (QED) is 0.809. The van der Waals surface area contributed by atoms with Crippen LogP contribution in [-0.4, -0.2) is 70.2 Å². The standard InChI is InChI=1S/C20H35N5O/c1-5-7-12-23(3)14-17-13-21-22-18(17)16-8-10-20(11-9-16)15-24(4)19(26)25(20)6-2/h13,16H,5-12,14-15H2,1-4H3,(H,21,22). The number of carbonyl (C=O) groups excluding carboxylic acids is 1. The highest BCUT2D eigenvalue weighted by atomic mass is 16.2. The van der Waals surface area contributed by atoms with Gasteiger partial charge in [0.15, 0.2) is 0 Å². The molecule has 6 nitrogen and oxygen atoms in total. The second-order valence-corrected chi connectivity index (χ2v) is 8.28. The number of nitrogens with zero attached hydrogens (tertiary/aromatic N) is 4. The maximum absolute atomic E-state index is 12.4. The average molecular weight is 362 g/mol. The molecule has 2 heterocycles. The molecule has 1 aliphatic carbocycles. The van der Waals surface area contributed by atoms with E-state index in [1.54, 1.807) is 0 Å². The molecule has 26 heavy (non-hydrogen) atoms. The summed E-state index contributed by atoms with van der Waals surface area (Å²) in [5, 5.41) is 7.64. The Labute approximate surface area is 157 Å². The summed E-state index contributed by atoms with van der Waals surface area (Å²) in [6.07, 6.45) is 8.92. The summed E-state index contributed by atoms with van der Waals surface area (Å²) in [6.45, 7) is 8.13. The lowest BCUT2D eigenvalue weighted by Gasteiger charge is -2.42. The van der Waals surface area contributed by atoms with E-state index in [2.05, 4.69) is 40.9 Å². The number of H-pyrrole nitrogens is 1. The Hall–Kier alpha value is -1.56. The Bertz CT molecular complexity index is 605. The number of hydrogen-bond donors (Lipinski definition) is 1. The topological polar surface area (TPSA) is 55.5 Å². The van der Waals surface area contributed by atoms with E-state index in [9.17, 15) is 4.79 Å². The summed E-state index contributed by atoms with van der Waals surface area (Å²) < 4.78 is 0. The molecule has 1 saturated carbocycles. The van der Waals surface area contributed by atoms with Crippen LogP contribution in [-0.2, 0) is 6.54 Å². The normalized spacial score (nSPS) is 26.5. The van der Waals surface area contributed by atoms with Gasteiger partial charge in [-0.15, -0.1) is 0 Å². The molecule has 1 aliphatic heterocycles. The lowest BCUT2D eigenvalue weighted by atomic mass is 9.74. The summed E-state index contributed by atoms with van der Waals surface area (Å²) >= 11 is 0. The predicted octanol–water partition coefficient (Wildman–Crippen LogP) is 3.43. The average Bonchev–Trinajstić information content (AvgIpc) is 3.17. The molecule has 1 N–H and O–H groups in total. The van der Waals surface area contributed by atoms with Gasteiger partial charge in [0.05, 0.1) is 11.7 Å². The van der Waals surface area contributed by atoms with E-state index in [0.29, 0.717) is 5.92 Å². The minimum Gasteiger partial charge on any atom is -0.325 e. The van der Waals surface area contributed by atoms with Crippen molar-refractivity contribution in [2.75, 3.05) is 33.7 Å². The number of urea groups is 1. The number of hydrogen-bond acceptors (Lipinski definition) is 3. The zero-order chi connectivity index (χ0) is 18.7. The highest BCUT2D eigenvalue weighted by molar-refractivity contribution is 5.78. The number of likely N-dealkylation sites (N-methyl/N-ethyl adjacent to an activating group) is 2. The number of aromatic amines is 1. The minimum atomic E-state index is 0.0508. The van der Waals surface area contributed by atoms with E-state index in [-0.39, 0.29) is 11.6 Å². The maximum atomic E-state index is 12.4. The molecule has 2 fully saturated rings. The van der Waals surface area contributed by atoms with Crippen LogP contribution in [0.4, 0.5) is 4.79 Å². The first-order valence-corrected chi connectivity index (χ1v) is 10.2. The van der Waals surface area contributed by atoms with Crippen molar-refractivity contribution in [2.24, 2.45) is 0 Å². The van der Waals surface area contributed by atoms with Gasteiger partial charge in [0.2, 0.25) is 0 Å². The van der Waals surface area contributed by atoms with E-state index in [1.165, 1.54) is 24.1 Å². The van der Waals surface area contributed by atoms with E-state index >= 15 is 0 Å². The Balaban J connectivity index is 1.64. The molecule has 1 saturated heterocycles. The number of aromatic nitrogens is 2. The number of unbranched alkanes of at least 4 members (excludes halogenated alkanes) is 1. The molecule has 0 atom stereocenters. The van der Waals surface area contributed by atoms with Crippen LogP contribution in [0, 0.1) is 0 Å². The summed E-state index contributed by atoms with van der Waals surface area (Å²) in [7, 11) is 4.13. The molecule has 1 aromatic rings. The number of carbonyl (C=O) groups is 1. The van der Waals surface area contributed by atoms with Gasteiger partial charge < -0.3 is 14.7 Å². The van der Waals surface area contributed by atoms with E-state index < -0.39 is 0 Å². The van der Waals surface area contributed by atoms with Crippen molar-refractivity contribution in [3.8, 4) is 0 Å². The molecule has 0 radical (unpaired) electrons. The molecule has 3 rings (SSSR count). The van der Waals surface area contributed by atoms with Crippen molar-refractivity contribution in [3.05, 3.63) is 17.5 Å². The zero-order valence-corrected chi connectivity index (χ0v) is 16.9. The highest BCUT2D eigenvalue weighted by Crippen LogP contribution is 2.44. The van der Waals surface area contributed by atoms with Crippen LogP contribution in [0.15, 0.2) is 6.20 Å². The van der Waals surface area contributed by atoms with Crippen LogP contribution in [0.3, 0.4) is 0 Å². The van der Waals surface area contributed by atoms with Crippen LogP contribution in [0.2, 0.25) is 0 Å². The van der Waals surface area contributed by atoms with Crippen LogP contribution in [0.25, 0.3) is 0 Å². The number of rotatable bonds is 7. The number of amides is 2. The zero-order valence-electron chi connectivity index (χ0n) is 16.9. The fraction of sp³-hybridized carbons (Fsp3) is 0.800. The smallest absolute Gasteiger partial charge is 0.320 e. The van der Waals surface area contributed by atoms with Crippen LogP contribution >= 0.6 is 0 Å². The molecule has 1 aromatic heterocycles. The molecule has 0 aromatic carbocycles. The first-order chi connectivity index (χ1) is 12.5. The Morgan fingerprint density at radius 1 is 1.35 bits per heavy atom. The molecule has 2 amide bonds. The third-order valence-electron chi connectivity index (χ3n) is 6.39. The van der Waals surface area contributed by atoms with Crippen molar-refractivity contribution in [1.82, 2.24) is 24.9 Å². The van der Waals surface area contributed by atoms with Gasteiger partial charge in [0.25, 0.3) is 0 Å². The van der Waals surface area contributed by atoms with Gasteiger partial charge in [-0.3, -0.25) is 5.10 Å². The Morgan fingerprint density at radius 3 is 2.73 bits per heavy atom. The van der Waals surface area contributed by atoms with Crippen molar-refractivity contribution < 1.29 is 4.79 Å². The molecular formula is C20H35N5O.